The number of nitrogens with zero attached hydrogens (tertiary/aromatic N) is 2. The molecule has 33 heavy (non-hydrogen) atoms. The summed E-state index contributed by atoms with van der Waals surface area (Å²) < 4.78 is 11.4. The molecule has 5 rings (SSSR count). The van der Waals surface area contributed by atoms with Crippen LogP contribution in [-0.2, 0) is 17.9 Å². The highest BCUT2D eigenvalue weighted by atomic mass is 16.6. The Bertz CT molecular complexity index is 1060. The molecule has 2 aliphatic heterocycles. The van der Waals surface area contributed by atoms with Crippen LogP contribution in [0.2, 0.25) is 0 Å². The minimum atomic E-state index is -0.660. The van der Waals surface area contributed by atoms with E-state index >= 15 is 0 Å². The van der Waals surface area contributed by atoms with Crippen molar-refractivity contribution in [1.82, 2.24) is 9.80 Å². The lowest BCUT2D eigenvalue weighted by Gasteiger charge is -2.34. The van der Waals surface area contributed by atoms with Crippen LogP contribution in [0.15, 0.2) is 78.9 Å². The quantitative estimate of drug-likeness (QED) is 0.628. The molecule has 0 aromatic heterocycles. The van der Waals surface area contributed by atoms with Gasteiger partial charge in [0.1, 0.15) is 6.61 Å². The standard InChI is InChI=1S/C27H29N3O3/c31-27(26-20-32-24-8-4-5-9-25(24)33-26)28-23-12-10-22(11-13-23)19-30-16-14-29(15-17-30)18-21-6-2-1-3-7-21/h1-13,26H,14-20H2,(H,28,31). The first kappa shape index (κ1) is 21.5. The third kappa shape index (κ3) is 5.53. The highest BCUT2D eigenvalue weighted by molar-refractivity contribution is 5.94. The molecule has 170 valence electrons. The van der Waals surface area contributed by atoms with Crippen LogP contribution in [0.25, 0.3) is 0 Å². The van der Waals surface area contributed by atoms with Gasteiger partial charge in [0.25, 0.3) is 5.91 Å². The lowest BCUT2D eigenvalue weighted by molar-refractivity contribution is -0.125. The molecule has 6 nitrogen and oxygen atoms in total. The van der Waals surface area contributed by atoms with Crippen LogP contribution in [0.4, 0.5) is 5.69 Å². The number of rotatable bonds is 6. The van der Waals surface area contributed by atoms with Gasteiger partial charge in [-0.25, -0.2) is 0 Å². The van der Waals surface area contributed by atoms with Crippen LogP contribution in [-0.4, -0.2) is 54.6 Å². The maximum absolute atomic E-state index is 12.6. The Balaban J connectivity index is 1.08. The maximum Gasteiger partial charge on any atom is 0.269 e. The average Bonchev–Trinajstić information content (AvgIpc) is 2.87. The molecule has 1 fully saturated rings. The van der Waals surface area contributed by atoms with Gasteiger partial charge in [-0.3, -0.25) is 14.6 Å². The molecule has 1 saturated heterocycles. The molecular formula is C27H29N3O3. The highest BCUT2D eigenvalue weighted by Crippen LogP contribution is 2.31. The molecule has 1 atom stereocenters. The third-order valence-electron chi connectivity index (χ3n) is 6.14. The van der Waals surface area contributed by atoms with Crippen LogP contribution in [0.1, 0.15) is 11.1 Å². The van der Waals surface area contributed by atoms with E-state index in [-0.39, 0.29) is 12.5 Å². The zero-order chi connectivity index (χ0) is 22.5. The Kier molecular flexibility index (Phi) is 6.56. The minimum Gasteiger partial charge on any atom is -0.485 e. The molecule has 0 aliphatic carbocycles. The molecule has 1 N–H and O–H groups in total. The van der Waals surface area contributed by atoms with Crippen molar-refractivity contribution in [2.75, 3.05) is 38.1 Å². The summed E-state index contributed by atoms with van der Waals surface area (Å²) in [4.78, 5) is 17.6. The Morgan fingerprint density at radius 2 is 1.33 bits per heavy atom. The monoisotopic (exact) mass is 443 g/mol. The Morgan fingerprint density at radius 3 is 2.00 bits per heavy atom. The van der Waals surface area contributed by atoms with E-state index in [9.17, 15) is 4.79 Å². The van der Waals surface area contributed by atoms with Gasteiger partial charge in [0.15, 0.2) is 11.5 Å². The Morgan fingerprint density at radius 1 is 0.758 bits per heavy atom. The molecule has 6 heteroatoms. The van der Waals surface area contributed by atoms with E-state index in [1.807, 2.05) is 36.4 Å². The number of anilines is 1. The fraction of sp³-hybridized carbons (Fsp3) is 0.296. The van der Waals surface area contributed by atoms with Gasteiger partial charge in [-0.05, 0) is 35.4 Å². The van der Waals surface area contributed by atoms with Crippen LogP contribution in [0.3, 0.4) is 0 Å². The fourth-order valence-electron chi connectivity index (χ4n) is 4.27. The van der Waals surface area contributed by atoms with Crippen molar-refractivity contribution in [1.29, 1.82) is 0 Å². The Hall–Kier alpha value is -3.35. The van der Waals surface area contributed by atoms with Crippen molar-refractivity contribution < 1.29 is 14.3 Å². The van der Waals surface area contributed by atoms with Crippen LogP contribution in [0, 0.1) is 0 Å². The normalized spacial score (nSPS) is 18.6. The first-order chi connectivity index (χ1) is 16.2. The van der Waals surface area contributed by atoms with E-state index in [0.717, 1.165) is 45.0 Å². The minimum absolute atomic E-state index is 0.202. The number of benzene rings is 3. The van der Waals surface area contributed by atoms with Crippen LogP contribution >= 0.6 is 0 Å². The average molecular weight is 444 g/mol. The second-order valence-electron chi connectivity index (χ2n) is 8.59. The number of para-hydroxylation sites is 2. The summed E-state index contributed by atoms with van der Waals surface area (Å²) >= 11 is 0. The molecular weight excluding hydrogens is 414 g/mol. The van der Waals surface area contributed by atoms with Gasteiger partial charge >= 0.3 is 0 Å². The molecule has 3 aromatic rings. The first-order valence-electron chi connectivity index (χ1n) is 11.5. The largest absolute Gasteiger partial charge is 0.485 e. The van der Waals surface area contributed by atoms with Gasteiger partial charge in [-0.15, -0.1) is 0 Å². The lowest BCUT2D eigenvalue weighted by atomic mass is 10.1. The van der Waals surface area contributed by atoms with Crippen LogP contribution < -0.4 is 14.8 Å². The van der Waals surface area contributed by atoms with Gasteiger partial charge in [-0.2, -0.15) is 0 Å². The third-order valence-corrected chi connectivity index (χ3v) is 6.14. The number of carbonyl (C=O) groups excluding carboxylic acids is 1. The number of carbonyl (C=O) groups is 1. The molecule has 0 radical (unpaired) electrons. The van der Waals surface area contributed by atoms with E-state index in [0.29, 0.717) is 11.5 Å². The summed E-state index contributed by atoms with van der Waals surface area (Å²) in [6.45, 7) is 6.42. The number of piperazine rings is 1. The number of nitrogens with one attached hydrogen (secondary N) is 1. The molecule has 0 saturated carbocycles. The molecule has 1 unspecified atom stereocenters. The number of hydrogen-bond donors (Lipinski definition) is 1. The molecule has 2 heterocycles. The van der Waals surface area contributed by atoms with Gasteiger partial charge in [0.2, 0.25) is 6.10 Å². The van der Waals surface area contributed by atoms with Crippen LogP contribution in [0.5, 0.6) is 11.5 Å². The van der Waals surface area contributed by atoms with Crippen molar-refractivity contribution >= 4 is 11.6 Å². The van der Waals surface area contributed by atoms with Crippen molar-refractivity contribution in [3.63, 3.8) is 0 Å². The van der Waals surface area contributed by atoms with Gasteiger partial charge in [0.05, 0.1) is 0 Å². The van der Waals surface area contributed by atoms with E-state index in [4.69, 9.17) is 9.47 Å². The second kappa shape index (κ2) is 10.1. The zero-order valence-electron chi connectivity index (χ0n) is 18.7. The van der Waals surface area contributed by atoms with E-state index in [1.54, 1.807) is 0 Å². The van der Waals surface area contributed by atoms with Gasteiger partial charge in [0, 0.05) is 45.0 Å². The SMILES string of the molecule is O=C(Nc1ccc(CN2CCN(Cc3ccccc3)CC2)cc1)C1COc2ccccc2O1. The maximum atomic E-state index is 12.6. The first-order valence-corrected chi connectivity index (χ1v) is 11.5. The topological polar surface area (TPSA) is 54.0 Å². The summed E-state index contributed by atoms with van der Waals surface area (Å²) in [5.41, 5.74) is 3.38. The highest BCUT2D eigenvalue weighted by Gasteiger charge is 2.27. The number of amides is 1. The molecule has 0 spiro atoms. The number of hydrogen-bond acceptors (Lipinski definition) is 5. The van der Waals surface area contributed by atoms with E-state index in [2.05, 4.69) is 57.6 Å². The van der Waals surface area contributed by atoms with Gasteiger partial charge in [-0.1, -0.05) is 54.6 Å². The predicted molar refractivity (Wildman–Crippen MR) is 128 cm³/mol. The molecule has 3 aromatic carbocycles. The fourth-order valence-corrected chi connectivity index (χ4v) is 4.27. The van der Waals surface area contributed by atoms with Crippen molar-refractivity contribution in [2.24, 2.45) is 0 Å². The van der Waals surface area contributed by atoms with Gasteiger partial charge < -0.3 is 14.8 Å². The summed E-state index contributed by atoms with van der Waals surface area (Å²) in [5.74, 6) is 1.07. The molecule has 0 bridgehead atoms. The number of ether oxygens (including phenoxy) is 2. The Labute approximate surface area is 194 Å². The van der Waals surface area contributed by atoms with E-state index < -0.39 is 6.10 Å². The zero-order valence-corrected chi connectivity index (χ0v) is 18.7. The summed E-state index contributed by atoms with van der Waals surface area (Å²) in [7, 11) is 0. The van der Waals surface area contributed by atoms with E-state index in [1.165, 1.54) is 11.1 Å². The lowest BCUT2D eigenvalue weighted by Crippen LogP contribution is -2.45. The predicted octanol–water partition coefficient (Wildman–Crippen LogP) is 3.78. The summed E-state index contributed by atoms with van der Waals surface area (Å²) in [6, 6.07) is 26.1. The van der Waals surface area contributed by atoms with Crippen molar-refractivity contribution in [3.8, 4) is 11.5 Å². The second-order valence-corrected chi connectivity index (χ2v) is 8.59. The number of fused-ring (bicyclic) bond motifs is 1. The summed E-state index contributed by atoms with van der Waals surface area (Å²) in [5, 5.41) is 2.94. The van der Waals surface area contributed by atoms with Crippen molar-refractivity contribution in [3.05, 3.63) is 90.0 Å². The smallest absolute Gasteiger partial charge is 0.269 e. The molecule has 1 amide bonds. The molecule has 2 aliphatic rings. The van der Waals surface area contributed by atoms with Crippen molar-refractivity contribution in [2.45, 2.75) is 19.2 Å². The summed E-state index contributed by atoms with van der Waals surface area (Å²) in [6.07, 6.45) is -0.660.